The number of amides is 1. The van der Waals surface area contributed by atoms with Gasteiger partial charge in [0.1, 0.15) is 11.8 Å². The second kappa shape index (κ2) is 10.4. The summed E-state index contributed by atoms with van der Waals surface area (Å²) in [6.07, 6.45) is 2.49. The topological polar surface area (TPSA) is 103 Å². The molecule has 0 bridgehead atoms. The van der Waals surface area contributed by atoms with E-state index in [4.69, 9.17) is 9.47 Å². The summed E-state index contributed by atoms with van der Waals surface area (Å²) in [6.45, 7) is 3.18. The minimum atomic E-state index is -0.440. The van der Waals surface area contributed by atoms with Gasteiger partial charge in [0.2, 0.25) is 5.91 Å². The predicted octanol–water partition coefficient (Wildman–Crippen LogP) is 2.68. The second-order valence-electron chi connectivity index (χ2n) is 8.55. The minimum absolute atomic E-state index is 0.00788. The molecule has 0 saturated carbocycles. The fourth-order valence-electron chi connectivity index (χ4n) is 4.92. The first kappa shape index (κ1) is 23.4. The Morgan fingerprint density at radius 3 is 2.58 bits per heavy atom. The molecule has 8 heteroatoms. The first-order chi connectivity index (χ1) is 16.1. The highest BCUT2D eigenvalue weighted by Crippen LogP contribution is 2.49. The Hall–Kier alpha value is -2.81. The van der Waals surface area contributed by atoms with Gasteiger partial charge in [-0.25, -0.2) is 10.9 Å². The number of aliphatic hydroxyl groups excluding tert-OH is 1. The monoisotopic (exact) mass is 455 g/mol. The molecular weight excluding hydrogens is 422 g/mol. The lowest BCUT2D eigenvalue weighted by Crippen LogP contribution is -2.41. The summed E-state index contributed by atoms with van der Waals surface area (Å²) in [6, 6.07) is 12.0. The maximum atomic E-state index is 13.4. The molecule has 1 amide bonds. The van der Waals surface area contributed by atoms with Crippen LogP contribution in [0.3, 0.4) is 0 Å². The largest absolute Gasteiger partial charge is 0.508 e. The van der Waals surface area contributed by atoms with Crippen LogP contribution in [0.2, 0.25) is 0 Å². The number of carbonyl (C=O) groups excluding carboxylic acids is 1. The molecule has 4 atom stereocenters. The average molecular weight is 456 g/mol. The number of aliphatic hydroxyl groups is 1. The number of para-hydroxylation sites is 1. The van der Waals surface area contributed by atoms with E-state index in [2.05, 4.69) is 17.8 Å². The molecule has 4 rings (SSSR count). The van der Waals surface area contributed by atoms with E-state index in [0.29, 0.717) is 31.1 Å². The Morgan fingerprint density at radius 1 is 1.06 bits per heavy atom. The van der Waals surface area contributed by atoms with Crippen LogP contribution < -0.4 is 20.3 Å². The Bertz CT molecular complexity index is 969. The average Bonchev–Trinajstić information content (AvgIpc) is 3.37. The summed E-state index contributed by atoms with van der Waals surface area (Å²) < 4.78 is 11.5. The molecular formula is C25H33N3O5. The summed E-state index contributed by atoms with van der Waals surface area (Å²) in [5, 5.41) is 19.9. The number of likely N-dealkylation sites (tertiary alicyclic amines) is 1. The molecule has 0 radical (unpaired) electrons. The first-order valence-electron chi connectivity index (χ1n) is 11.6. The van der Waals surface area contributed by atoms with Gasteiger partial charge in [0.05, 0.1) is 25.8 Å². The number of hydrogen-bond acceptors (Lipinski definition) is 7. The van der Waals surface area contributed by atoms with Gasteiger partial charge in [-0.05, 0) is 36.6 Å². The quantitative estimate of drug-likeness (QED) is 0.409. The summed E-state index contributed by atoms with van der Waals surface area (Å²) in [5.74, 6) is 1.30. The Kier molecular flexibility index (Phi) is 7.37. The number of nitrogens with zero attached hydrogens (tertiary/aromatic N) is 1. The Balaban J connectivity index is 1.72. The number of ether oxygens (including phenoxy) is 2. The van der Waals surface area contributed by atoms with E-state index in [0.717, 1.165) is 24.0 Å². The van der Waals surface area contributed by atoms with Gasteiger partial charge < -0.3 is 24.6 Å². The molecule has 178 valence electrons. The number of benzene rings is 2. The number of nitrogens with one attached hydrogen (secondary N) is 2. The summed E-state index contributed by atoms with van der Waals surface area (Å²) >= 11 is 0. The molecule has 4 N–H and O–H groups in total. The smallest absolute Gasteiger partial charge is 0.242 e. The van der Waals surface area contributed by atoms with Crippen LogP contribution in [0.1, 0.15) is 49.4 Å². The van der Waals surface area contributed by atoms with Crippen LogP contribution in [0.5, 0.6) is 17.2 Å². The van der Waals surface area contributed by atoms with Gasteiger partial charge in [0, 0.05) is 24.6 Å². The molecule has 4 unspecified atom stereocenters. The number of rotatable bonds is 10. The highest BCUT2D eigenvalue weighted by molar-refractivity contribution is 5.86. The molecule has 2 saturated heterocycles. The van der Waals surface area contributed by atoms with Gasteiger partial charge >= 0.3 is 0 Å². The summed E-state index contributed by atoms with van der Waals surface area (Å²) in [7, 11) is 1.61. The number of phenolic OH excluding ortho intramolecular Hbond substituents is 1. The molecule has 0 spiro atoms. The van der Waals surface area contributed by atoms with Gasteiger partial charge in [-0.15, -0.1) is 0 Å². The molecule has 2 aliphatic rings. The third kappa shape index (κ3) is 4.51. The predicted molar refractivity (Wildman–Crippen MR) is 124 cm³/mol. The third-order valence-electron chi connectivity index (χ3n) is 6.53. The number of hydrazine groups is 1. The van der Waals surface area contributed by atoms with Gasteiger partial charge in [-0.1, -0.05) is 37.6 Å². The standard InChI is InChI=1S/C25H33N3O5/c1-3-4-14-33-19-11-10-16(15-20(19)32-2)24-21-22(17-8-5-6-9-18(17)30)26-27-23(21)25(31)28(24)12-7-13-29/h5-6,8-11,15,21-24,26-27,29-30H,3-4,7,12-14H2,1-2H3. The second-order valence-corrected chi connectivity index (χ2v) is 8.55. The zero-order valence-electron chi connectivity index (χ0n) is 19.2. The zero-order valence-corrected chi connectivity index (χ0v) is 19.2. The van der Waals surface area contributed by atoms with Gasteiger partial charge in [0.25, 0.3) is 0 Å². The lowest BCUT2D eigenvalue weighted by Gasteiger charge is -2.31. The normalized spacial score (nSPS) is 24.2. The number of methoxy groups -OCH3 is 1. The van der Waals surface area contributed by atoms with Crippen molar-refractivity contribution in [3.63, 3.8) is 0 Å². The van der Waals surface area contributed by atoms with Crippen molar-refractivity contribution in [3.8, 4) is 17.2 Å². The summed E-state index contributed by atoms with van der Waals surface area (Å²) in [5.41, 5.74) is 8.06. The Labute approximate surface area is 194 Å². The van der Waals surface area contributed by atoms with Gasteiger partial charge in [0.15, 0.2) is 11.5 Å². The third-order valence-corrected chi connectivity index (χ3v) is 6.53. The zero-order chi connectivity index (χ0) is 23.4. The van der Waals surface area contributed by atoms with Crippen molar-refractivity contribution in [1.29, 1.82) is 0 Å². The highest BCUT2D eigenvalue weighted by Gasteiger charge is 2.55. The van der Waals surface area contributed by atoms with Crippen LogP contribution in [0, 0.1) is 5.92 Å². The van der Waals surface area contributed by atoms with Crippen molar-refractivity contribution in [1.82, 2.24) is 15.8 Å². The Morgan fingerprint density at radius 2 is 1.85 bits per heavy atom. The number of fused-ring (bicyclic) bond motifs is 1. The molecule has 0 aliphatic carbocycles. The van der Waals surface area contributed by atoms with Crippen LogP contribution >= 0.6 is 0 Å². The van der Waals surface area contributed by atoms with E-state index < -0.39 is 6.04 Å². The van der Waals surface area contributed by atoms with Crippen molar-refractivity contribution in [2.24, 2.45) is 5.92 Å². The van der Waals surface area contributed by atoms with E-state index in [1.807, 2.05) is 35.2 Å². The van der Waals surface area contributed by atoms with Crippen molar-refractivity contribution >= 4 is 5.91 Å². The fourth-order valence-corrected chi connectivity index (χ4v) is 4.92. The maximum Gasteiger partial charge on any atom is 0.242 e. The lowest BCUT2D eigenvalue weighted by molar-refractivity contribution is -0.130. The van der Waals surface area contributed by atoms with Crippen LogP contribution in [-0.2, 0) is 4.79 Å². The van der Waals surface area contributed by atoms with E-state index in [-0.39, 0.29) is 36.3 Å². The van der Waals surface area contributed by atoms with Crippen molar-refractivity contribution < 1.29 is 24.5 Å². The minimum Gasteiger partial charge on any atom is -0.508 e. The number of phenols is 1. The number of hydrogen-bond donors (Lipinski definition) is 4. The van der Waals surface area contributed by atoms with Gasteiger partial charge in [-0.3, -0.25) is 4.79 Å². The van der Waals surface area contributed by atoms with Crippen LogP contribution in [0.25, 0.3) is 0 Å². The lowest BCUT2D eigenvalue weighted by atomic mass is 9.83. The van der Waals surface area contributed by atoms with Crippen molar-refractivity contribution in [2.45, 2.75) is 44.3 Å². The number of carbonyl (C=O) groups is 1. The van der Waals surface area contributed by atoms with E-state index in [1.54, 1.807) is 19.2 Å². The first-order valence-corrected chi connectivity index (χ1v) is 11.6. The van der Waals surface area contributed by atoms with E-state index in [1.165, 1.54) is 0 Å². The molecule has 0 aromatic heterocycles. The highest BCUT2D eigenvalue weighted by atomic mass is 16.5. The fraction of sp³-hybridized carbons (Fsp3) is 0.480. The maximum absolute atomic E-state index is 13.4. The van der Waals surface area contributed by atoms with Crippen LogP contribution in [-0.4, -0.2) is 53.9 Å². The summed E-state index contributed by atoms with van der Waals surface area (Å²) in [4.78, 5) is 15.2. The van der Waals surface area contributed by atoms with Crippen molar-refractivity contribution in [3.05, 3.63) is 53.6 Å². The molecule has 2 aromatic carbocycles. The molecule has 2 heterocycles. The number of aromatic hydroxyl groups is 1. The molecule has 2 fully saturated rings. The van der Waals surface area contributed by atoms with Gasteiger partial charge in [-0.2, -0.15) is 0 Å². The molecule has 2 aromatic rings. The van der Waals surface area contributed by atoms with Crippen LogP contribution in [0.15, 0.2) is 42.5 Å². The van der Waals surface area contributed by atoms with E-state index >= 15 is 0 Å². The van der Waals surface area contributed by atoms with Crippen molar-refractivity contribution in [2.75, 3.05) is 26.9 Å². The van der Waals surface area contributed by atoms with Crippen LogP contribution in [0.4, 0.5) is 0 Å². The molecule has 8 nitrogen and oxygen atoms in total. The van der Waals surface area contributed by atoms with E-state index in [9.17, 15) is 15.0 Å². The molecule has 33 heavy (non-hydrogen) atoms. The number of unbranched alkanes of at least 4 members (excludes halogenated alkanes) is 1. The molecule has 2 aliphatic heterocycles. The SMILES string of the molecule is CCCCOc1ccc(C2C3C(NNC3c3ccccc3O)C(=O)N2CCCO)cc1OC.